The van der Waals surface area contributed by atoms with Crippen LogP contribution in [0.1, 0.15) is 32.7 Å². The predicted molar refractivity (Wildman–Crippen MR) is 145 cm³/mol. The number of fused-ring (bicyclic) bond motifs is 3. The lowest BCUT2D eigenvalue weighted by atomic mass is 9.94. The third-order valence-electron chi connectivity index (χ3n) is 6.53. The lowest BCUT2D eigenvalue weighted by molar-refractivity contribution is -0.137. The van der Waals surface area contributed by atoms with Gasteiger partial charge >= 0.3 is 6.18 Å². The Morgan fingerprint density at radius 3 is 2.71 bits per heavy atom. The number of aliphatic imine (C=N–C) groups is 1. The predicted octanol–water partition coefficient (Wildman–Crippen LogP) is 5.50. The molecule has 0 atom stereocenters. The van der Waals surface area contributed by atoms with Crippen LogP contribution in [0, 0.1) is 12.7 Å². The molecule has 0 radical (unpaired) electrons. The molecule has 0 aliphatic carbocycles. The van der Waals surface area contributed by atoms with E-state index in [0.29, 0.717) is 42.1 Å². The maximum atomic E-state index is 14.1. The smallest absolute Gasteiger partial charge is 0.321 e. The van der Waals surface area contributed by atoms with E-state index < -0.39 is 23.5 Å². The van der Waals surface area contributed by atoms with Gasteiger partial charge in [-0.15, -0.1) is 0 Å². The number of carbonyl (C=O) groups excluding carboxylic acids is 1. The summed E-state index contributed by atoms with van der Waals surface area (Å²) < 4.78 is 53.4. The highest BCUT2D eigenvalue weighted by molar-refractivity contribution is 6.36. The van der Waals surface area contributed by atoms with Crippen LogP contribution < -0.4 is 15.5 Å². The molecule has 0 fully saturated rings. The summed E-state index contributed by atoms with van der Waals surface area (Å²) in [5, 5.41) is 5.44. The van der Waals surface area contributed by atoms with Gasteiger partial charge in [0.25, 0.3) is 5.91 Å². The van der Waals surface area contributed by atoms with Gasteiger partial charge in [-0.05, 0) is 60.5 Å². The molecule has 0 unspecified atom stereocenters. The summed E-state index contributed by atoms with van der Waals surface area (Å²) in [6.45, 7) is 2.98. The van der Waals surface area contributed by atoms with Crippen LogP contribution in [0.25, 0.3) is 11.6 Å². The van der Waals surface area contributed by atoms with Crippen LogP contribution in [0.4, 0.5) is 40.8 Å². The lowest BCUT2D eigenvalue weighted by Gasteiger charge is -2.28. The number of rotatable bonds is 5. The molecule has 0 spiro atoms. The van der Waals surface area contributed by atoms with E-state index in [-0.39, 0.29) is 17.5 Å². The minimum Gasteiger partial charge on any atom is -0.321 e. The Labute approximate surface area is 230 Å². The summed E-state index contributed by atoms with van der Waals surface area (Å²) in [7, 11) is 0. The molecule has 13 heteroatoms. The first kappa shape index (κ1) is 26.0. The summed E-state index contributed by atoms with van der Waals surface area (Å²) in [6.07, 6.45) is 1.30. The number of aryl methyl sites for hydroxylation is 1. The van der Waals surface area contributed by atoms with Gasteiger partial charge in [0, 0.05) is 42.0 Å². The maximum absolute atomic E-state index is 14.1. The van der Waals surface area contributed by atoms with Crippen LogP contribution in [0.2, 0.25) is 0 Å². The number of benzene rings is 1. The zero-order chi connectivity index (χ0) is 28.7. The Balaban J connectivity index is 1.31. The Bertz CT molecular complexity index is 1750. The van der Waals surface area contributed by atoms with Crippen LogP contribution >= 0.6 is 0 Å². The SMILES string of the molecule is Cc1ccc(NC(=O)c2cc(C(F)(F)F)ccn2)cc1C1=Cc2cnc(Nc3ncccc3F)nc2N2CCN=C12. The number of carbonyl (C=O) groups is 1. The van der Waals surface area contributed by atoms with Gasteiger partial charge in [0.05, 0.1) is 12.1 Å². The van der Waals surface area contributed by atoms with Gasteiger partial charge < -0.3 is 15.5 Å². The number of hydrogen-bond acceptors (Lipinski definition) is 8. The number of amides is 1. The van der Waals surface area contributed by atoms with Crippen LogP contribution in [-0.2, 0) is 6.18 Å². The third-order valence-corrected chi connectivity index (χ3v) is 6.53. The monoisotopic (exact) mass is 560 g/mol. The van der Waals surface area contributed by atoms with Crippen LogP contribution in [0.5, 0.6) is 0 Å². The van der Waals surface area contributed by atoms with E-state index in [1.54, 1.807) is 24.4 Å². The van der Waals surface area contributed by atoms with E-state index in [4.69, 9.17) is 0 Å². The molecule has 0 bridgehead atoms. The highest BCUT2D eigenvalue weighted by atomic mass is 19.4. The first-order chi connectivity index (χ1) is 19.7. The number of pyridine rings is 2. The number of anilines is 4. The van der Waals surface area contributed by atoms with Crippen LogP contribution in [0.15, 0.2) is 66.0 Å². The highest BCUT2D eigenvalue weighted by Gasteiger charge is 2.32. The molecular weight excluding hydrogens is 540 g/mol. The molecule has 2 N–H and O–H groups in total. The molecule has 1 aromatic carbocycles. The molecule has 4 aromatic rings. The molecule has 206 valence electrons. The summed E-state index contributed by atoms with van der Waals surface area (Å²) in [4.78, 5) is 36.0. The number of aromatic nitrogens is 4. The van der Waals surface area contributed by atoms with Crippen molar-refractivity contribution in [2.75, 3.05) is 28.6 Å². The molecule has 41 heavy (non-hydrogen) atoms. The van der Waals surface area contributed by atoms with Crippen molar-refractivity contribution >= 4 is 46.7 Å². The Morgan fingerprint density at radius 1 is 1.05 bits per heavy atom. The van der Waals surface area contributed by atoms with E-state index in [9.17, 15) is 22.4 Å². The fourth-order valence-electron chi connectivity index (χ4n) is 4.56. The first-order valence-electron chi connectivity index (χ1n) is 12.4. The third kappa shape index (κ3) is 5.09. The summed E-state index contributed by atoms with van der Waals surface area (Å²) in [5.41, 5.74) is 2.17. The van der Waals surface area contributed by atoms with E-state index in [1.165, 1.54) is 18.3 Å². The Hall–Kier alpha value is -5.20. The molecule has 6 rings (SSSR count). The molecule has 2 aliphatic heterocycles. The molecule has 2 aliphatic rings. The van der Waals surface area contributed by atoms with Gasteiger partial charge in [0.15, 0.2) is 11.6 Å². The van der Waals surface area contributed by atoms with Crippen molar-refractivity contribution in [1.29, 1.82) is 0 Å². The van der Waals surface area contributed by atoms with E-state index in [1.807, 2.05) is 17.9 Å². The van der Waals surface area contributed by atoms with Crippen molar-refractivity contribution in [1.82, 2.24) is 19.9 Å². The Morgan fingerprint density at radius 2 is 1.90 bits per heavy atom. The molecule has 1 amide bonds. The molecule has 0 saturated heterocycles. The second-order valence-electron chi connectivity index (χ2n) is 9.26. The number of hydrogen-bond donors (Lipinski definition) is 2. The first-order valence-corrected chi connectivity index (χ1v) is 12.4. The fourth-order valence-corrected chi connectivity index (χ4v) is 4.56. The van der Waals surface area contributed by atoms with E-state index in [0.717, 1.165) is 29.0 Å². The van der Waals surface area contributed by atoms with Gasteiger partial charge in [-0.2, -0.15) is 18.2 Å². The number of halogens is 4. The molecule has 5 heterocycles. The quantitative estimate of drug-likeness (QED) is 0.310. The lowest BCUT2D eigenvalue weighted by Crippen LogP contribution is -2.32. The molecule has 3 aromatic heterocycles. The largest absolute Gasteiger partial charge is 0.416 e. The zero-order valence-electron chi connectivity index (χ0n) is 21.4. The van der Waals surface area contributed by atoms with Crippen molar-refractivity contribution in [2.45, 2.75) is 13.1 Å². The van der Waals surface area contributed by atoms with Crippen molar-refractivity contribution in [3.05, 3.63) is 94.8 Å². The number of nitrogens with zero attached hydrogens (tertiary/aromatic N) is 6. The van der Waals surface area contributed by atoms with E-state index in [2.05, 4.69) is 35.6 Å². The topological polar surface area (TPSA) is 108 Å². The second-order valence-corrected chi connectivity index (χ2v) is 9.26. The van der Waals surface area contributed by atoms with Gasteiger partial charge in [-0.3, -0.25) is 14.8 Å². The molecule has 9 nitrogen and oxygen atoms in total. The number of alkyl halides is 3. The summed E-state index contributed by atoms with van der Waals surface area (Å²) >= 11 is 0. The van der Waals surface area contributed by atoms with Crippen molar-refractivity contribution in [3.8, 4) is 0 Å². The second kappa shape index (κ2) is 10.1. The fraction of sp³-hybridized carbons (Fsp3) is 0.143. The molecule has 0 saturated carbocycles. The van der Waals surface area contributed by atoms with Gasteiger partial charge in [-0.25, -0.2) is 14.4 Å². The van der Waals surface area contributed by atoms with Crippen molar-refractivity contribution < 1.29 is 22.4 Å². The van der Waals surface area contributed by atoms with Crippen molar-refractivity contribution in [2.24, 2.45) is 4.99 Å². The summed E-state index contributed by atoms with van der Waals surface area (Å²) in [5.74, 6) is 0.129. The Kier molecular flexibility index (Phi) is 6.40. The highest BCUT2D eigenvalue weighted by Crippen LogP contribution is 2.37. The van der Waals surface area contributed by atoms with Crippen LogP contribution in [0.3, 0.4) is 0 Å². The minimum absolute atomic E-state index is 0.00428. The summed E-state index contributed by atoms with van der Waals surface area (Å²) in [6, 6.07) is 9.47. The maximum Gasteiger partial charge on any atom is 0.416 e. The number of amidine groups is 1. The average Bonchev–Trinajstić information content (AvgIpc) is 3.45. The van der Waals surface area contributed by atoms with Gasteiger partial charge in [-0.1, -0.05) is 6.07 Å². The zero-order valence-corrected chi connectivity index (χ0v) is 21.4. The average molecular weight is 561 g/mol. The van der Waals surface area contributed by atoms with Crippen LogP contribution in [-0.4, -0.2) is 44.8 Å². The van der Waals surface area contributed by atoms with E-state index >= 15 is 0 Å². The van der Waals surface area contributed by atoms with Gasteiger partial charge in [0.1, 0.15) is 17.3 Å². The number of nitrogens with one attached hydrogen (secondary N) is 2. The van der Waals surface area contributed by atoms with Gasteiger partial charge in [0.2, 0.25) is 5.95 Å². The minimum atomic E-state index is -4.60. The standard InChI is InChI=1S/C28H20F4N8O/c1-15-4-5-18(37-26(41)22-12-17(6-8-33-22)28(30,31)32)13-19(15)20-11-16-14-36-27(38-23-21(29)3-2-7-34-23)39-24(16)40-10-9-35-25(20)40/h2-8,11-14H,9-10H2,1H3,(H,37,41)(H,34,36,38,39). The van der Waals surface area contributed by atoms with Crippen molar-refractivity contribution in [3.63, 3.8) is 0 Å². The normalized spacial score (nSPS) is 14.1. The molecular formula is C28H20F4N8O.